The lowest BCUT2D eigenvalue weighted by Crippen LogP contribution is -1.98. The van der Waals surface area contributed by atoms with Crippen LogP contribution in [-0.4, -0.2) is 16.2 Å². The van der Waals surface area contributed by atoms with E-state index in [2.05, 4.69) is 0 Å². The number of nitrogens with one attached hydrogen (secondary N) is 1. The summed E-state index contributed by atoms with van der Waals surface area (Å²) in [6, 6.07) is 12.6. The summed E-state index contributed by atoms with van der Waals surface area (Å²) < 4.78 is 25.7. The van der Waals surface area contributed by atoms with Gasteiger partial charge in [0.2, 0.25) is 0 Å². The average Bonchev–Trinajstić information content (AvgIpc) is 2.53. The molecule has 0 radical (unpaired) electrons. The Labute approximate surface area is 128 Å². The number of para-hydroxylation sites is 2. The van der Waals surface area contributed by atoms with Crippen LogP contribution in [0.15, 0.2) is 58.8 Å². The minimum atomic E-state index is -3.27. The van der Waals surface area contributed by atoms with Crippen LogP contribution in [0.1, 0.15) is 5.56 Å². The van der Waals surface area contributed by atoms with Crippen molar-refractivity contribution in [2.24, 2.45) is 0 Å². The number of nitrogens with zero attached hydrogens (tertiary/aromatic N) is 1. The van der Waals surface area contributed by atoms with Crippen LogP contribution >= 0.6 is 0 Å². The molecule has 1 atom stereocenters. The Hall–Kier alpha value is -2.67. The Kier molecular flexibility index (Phi) is 4.57. The molecule has 0 bridgehead atoms. The van der Waals surface area contributed by atoms with Gasteiger partial charge in [-0.05, 0) is 24.3 Å². The first-order valence-corrected chi connectivity index (χ1v) is 7.91. The van der Waals surface area contributed by atoms with Gasteiger partial charge in [0.25, 0.3) is 5.69 Å². The Morgan fingerprint density at radius 1 is 1.18 bits per heavy atom. The van der Waals surface area contributed by atoms with Gasteiger partial charge < -0.3 is 4.74 Å². The molecule has 0 aliphatic rings. The summed E-state index contributed by atoms with van der Waals surface area (Å²) >= 11 is 0. The van der Waals surface area contributed by atoms with Crippen molar-refractivity contribution in [3.63, 3.8) is 0 Å². The molecule has 1 N–H and O–H groups in total. The summed E-state index contributed by atoms with van der Waals surface area (Å²) in [5.41, 5.74) is 0.191. The van der Waals surface area contributed by atoms with E-state index in [-0.39, 0.29) is 10.6 Å². The van der Waals surface area contributed by atoms with Gasteiger partial charge in [-0.2, -0.15) is 0 Å². The smallest absolute Gasteiger partial charge is 0.276 e. The number of ether oxygens (including phenoxy) is 1. The highest BCUT2D eigenvalue weighted by Gasteiger charge is 2.14. The Morgan fingerprint density at radius 2 is 1.82 bits per heavy atom. The third kappa shape index (κ3) is 3.32. The van der Waals surface area contributed by atoms with E-state index >= 15 is 0 Å². The Bertz CT molecular complexity index is 829. The molecule has 0 saturated heterocycles. The molecular formula is C15H14N2O4S. The Morgan fingerprint density at radius 3 is 2.50 bits per heavy atom. The van der Waals surface area contributed by atoms with E-state index in [0.29, 0.717) is 11.3 Å². The fourth-order valence-electron chi connectivity index (χ4n) is 1.91. The zero-order chi connectivity index (χ0) is 16.2. The van der Waals surface area contributed by atoms with E-state index in [9.17, 15) is 14.3 Å². The van der Waals surface area contributed by atoms with Gasteiger partial charge in [-0.3, -0.25) is 10.1 Å². The number of hydrogen-bond donors (Lipinski definition) is 1. The predicted molar refractivity (Wildman–Crippen MR) is 84.3 cm³/mol. The van der Waals surface area contributed by atoms with E-state index in [1.807, 2.05) is 0 Å². The second-order valence-corrected chi connectivity index (χ2v) is 6.28. The van der Waals surface area contributed by atoms with Crippen molar-refractivity contribution >= 4 is 21.5 Å². The number of benzene rings is 2. The molecule has 7 heteroatoms. The van der Waals surface area contributed by atoms with Gasteiger partial charge in [-0.25, -0.2) is 8.99 Å². The topological polar surface area (TPSA) is 93.3 Å². The van der Waals surface area contributed by atoms with Gasteiger partial charge in [0.05, 0.1) is 32.2 Å². The molecule has 0 aromatic heterocycles. The first kappa shape index (κ1) is 15.7. The molecule has 0 aliphatic carbocycles. The summed E-state index contributed by atoms with van der Waals surface area (Å²) in [7, 11) is -1.84. The second kappa shape index (κ2) is 6.40. The van der Waals surface area contributed by atoms with Crippen LogP contribution in [0.5, 0.6) is 5.75 Å². The minimum Gasteiger partial charge on any atom is -0.495 e. The molecule has 0 heterocycles. The van der Waals surface area contributed by atoms with Gasteiger partial charge >= 0.3 is 0 Å². The Balaban J connectivity index is 2.43. The third-order valence-electron chi connectivity index (χ3n) is 2.97. The molecule has 2 rings (SSSR count). The normalized spacial score (nSPS) is 13.7. The minimum absolute atomic E-state index is 0.103. The van der Waals surface area contributed by atoms with Crippen molar-refractivity contribution in [3.05, 3.63) is 69.6 Å². The molecule has 2 aromatic rings. The van der Waals surface area contributed by atoms with E-state index in [1.54, 1.807) is 30.3 Å². The fourth-order valence-corrected chi connectivity index (χ4v) is 3.12. The standard InChI is InChI=1S/C15H14N2O4S/c1-21-14-8-4-5-9-15(14)22(16,20)11-10-12-6-2-3-7-13(12)17(18)19/h2-11,16H,1H3/b11-10+. The molecule has 0 fully saturated rings. The summed E-state index contributed by atoms with van der Waals surface area (Å²) in [6.45, 7) is 0. The lowest BCUT2D eigenvalue weighted by Gasteiger charge is -2.08. The highest BCUT2D eigenvalue weighted by Crippen LogP contribution is 2.27. The van der Waals surface area contributed by atoms with E-state index in [4.69, 9.17) is 9.52 Å². The maximum Gasteiger partial charge on any atom is 0.276 e. The lowest BCUT2D eigenvalue weighted by molar-refractivity contribution is -0.385. The van der Waals surface area contributed by atoms with E-state index in [1.165, 1.54) is 31.4 Å². The van der Waals surface area contributed by atoms with Gasteiger partial charge in [0, 0.05) is 11.5 Å². The first-order valence-electron chi connectivity index (χ1n) is 6.29. The number of methoxy groups -OCH3 is 1. The van der Waals surface area contributed by atoms with Crippen molar-refractivity contribution in [2.45, 2.75) is 4.90 Å². The quantitative estimate of drug-likeness (QED) is 0.672. The lowest BCUT2D eigenvalue weighted by atomic mass is 10.2. The number of nitro benzene ring substituents is 1. The first-order chi connectivity index (χ1) is 10.5. The molecule has 0 aliphatic heterocycles. The maximum atomic E-state index is 12.6. The highest BCUT2D eigenvalue weighted by molar-refractivity contribution is 7.95. The molecule has 6 nitrogen and oxygen atoms in total. The predicted octanol–water partition coefficient (Wildman–Crippen LogP) is 3.68. The van der Waals surface area contributed by atoms with Crippen LogP contribution in [0, 0.1) is 14.9 Å². The molecule has 2 aromatic carbocycles. The fraction of sp³-hybridized carbons (Fsp3) is 0.0667. The number of nitro groups is 1. The van der Waals surface area contributed by atoms with Gasteiger partial charge in [0.15, 0.2) is 0 Å². The molecule has 0 spiro atoms. The van der Waals surface area contributed by atoms with Crippen molar-refractivity contribution < 1.29 is 13.9 Å². The van der Waals surface area contributed by atoms with Crippen LogP contribution in [0.3, 0.4) is 0 Å². The zero-order valence-electron chi connectivity index (χ0n) is 11.8. The van der Waals surface area contributed by atoms with Crippen molar-refractivity contribution in [1.29, 1.82) is 4.78 Å². The third-order valence-corrected chi connectivity index (χ3v) is 4.48. The van der Waals surface area contributed by atoms with Crippen LogP contribution in [0.2, 0.25) is 0 Å². The van der Waals surface area contributed by atoms with Crippen LogP contribution in [0.4, 0.5) is 5.69 Å². The van der Waals surface area contributed by atoms with Gasteiger partial charge in [-0.1, -0.05) is 24.3 Å². The maximum absolute atomic E-state index is 12.6. The molecule has 22 heavy (non-hydrogen) atoms. The summed E-state index contributed by atoms with van der Waals surface area (Å²) in [6.07, 6.45) is 1.33. The monoisotopic (exact) mass is 318 g/mol. The van der Waals surface area contributed by atoms with Crippen molar-refractivity contribution in [3.8, 4) is 5.75 Å². The summed E-state index contributed by atoms with van der Waals surface area (Å²) in [4.78, 5) is 10.7. The summed E-state index contributed by atoms with van der Waals surface area (Å²) in [5, 5.41) is 12.1. The van der Waals surface area contributed by atoms with Gasteiger partial charge in [-0.15, -0.1) is 0 Å². The summed E-state index contributed by atoms with van der Waals surface area (Å²) in [5.74, 6) is 0.342. The number of rotatable bonds is 5. The van der Waals surface area contributed by atoms with Crippen molar-refractivity contribution in [2.75, 3.05) is 7.11 Å². The van der Waals surface area contributed by atoms with E-state index in [0.717, 1.165) is 5.41 Å². The highest BCUT2D eigenvalue weighted by atomic mass is 32.2. The van der Waals surface area contributed by atoms with Crippen LogP contribution < -0.4 is 4.74 Å². The second-order valence-electron chi connectivity index (χ2n) is 4.37. The van der Waals surface area contributed by atoms with Crippen molar-refractivity contribution in [1.82, 2.24) is 0 Å². The largest absolute Gasteiger partial charge is 0.495 e. The SMILES string of the molecule is COc1ccccc1S(=N)(=O)/C=C/c1ccccc1[N+](=O)[O-]. The molecular weight excluding hydrogens is 304 g/mol. The zero-order valence-corrected chi connectivity index (χ0v) is 12.6. The molecule has 0 amide bonds. The van der Waals surface area contributed by atoms with E-state index < -0.39 is 14.7 Å². The molecule has 1 unspecified atom stereocenters. The molecule has 114 valence electrons. The number of hydrogen-bond acceptors (Lipinski definition) is 5. The van der Waals surface area contributed by atoms with Crippen LogP contribution in [-0.2, 0) is 9.73 Å². The van der Waals surface area contributed by atoms with Gasteiger partial charge in [0.1, 0.15) is 5.75 Å². The molecule has 0 saturated carbocycles. The average molecular weight is 318 g/mol. The van der Waals surface area contributed by atoms with Crippen LogP contribution in [0.25, 0.3) is 6.08 Å².